The zero-order chi connectivity index (χ0) is 15.6. The van der Waals surface area contributed by atoms with Gasteiger partial charge >= 0.3 is 0 Å². The first-order chi connectivity index (χ1) is 9.03. The Bertz CT molecular complexity index is 699. The number of hydrogen-bond acceptors (Lipinski definition) is 5. The predicted octanol–water partition coefficient (Wildman–Crippen LogP) is 0.944. The number of rotatable bonds is 6. The molecule has 0 fully saturated rings. The standard InChI is InChI=1S/C11H17ClN2O4S2/c1-8-6-9(12)10(13)7-11(8)20(17,18)14-4-3-5-19(2,15)16/h6-7,14H,3-5,13H2,1-2H3. The van der Waals surface area contributed by atoms with E-state index in [-0.39, 0.29) is 29.3 Å². The summed E-state index contributed by atoms with van der Waals surface area (Å²) in [5.41, 5.74) is 6.24. The van der Waals surface area contributed by atoms with Crippen molar-refractivity contribution in [2.45, 2.75) is 18.2 Å². The molecule has 0 bridgehead atoms. The lowest BCUT2D eigenvalue weighted by molar-refractivity contribution is 0.577. The van der Waals surface area contributed by atoms with E-state index in [0.29, 0.717) is 10.6 Å². The molecule has 1 rings (SSSR count). The Labute approximate surface area is 124 Å². The molecule has 0 aromatic heterocycles. The number of halogens is 1. The molecule has 0 saturated carbocycles. The Balaban J connectivity index is 2.82. The van der Waals surface area contributed by atoms with E-state index in [9.17, 15) is 16.8 Å². The molecule has 9 heteroatoms. The Kier molecular flexibility index (Phi) is 5.42. The van der Waals surface area contributed by atoms with Gasteiger partial charge in [-0.15, -0.1) is 0 Å². The van der Waals surface area contributed by atoms with Crippen molar-refractivity contribution >= 4 is 37.1 Å². The van der Waals surface area contributed by atoms with Crippen LogP contribution in [0.2, 0.25) is 5.02 Å². The molecule has 3 N–H and O–H groups in total. The Morgan fingerprint density at radius 3 is 2.40 bits per heavy atom. The maximum Gasteiger partial charge on any atom is 0.240 e. The lowest BCUT2D eigenvalue weighted by atomic mass is 10.2. The lowest BCUT2D eigenvalue weighted by Crippen LogP contribution is -2.27. The van der Waals surface area contributed by atoms with Crippen molar-refractivity contribution in [3.05, 3.63) is 22.7 Å². The SMILES string of the molecule is Cc1cc(Cl)c(N)cc1S(=O)(=O)NCCCS(C)(=O)=O. The highest BCUT2D eigenvalue weighted by atomic mass is 35.5. The third kappa shape index (κ3) is 4.93. The van der Waals surface area contributed by atoms with Crippen LogP contribution in [0.1, 0.15) is 12.0 Å². The number of sulfone groups is 1. The molecular formula is C11H17ClN2O4S2. The number of nitrogens with two attached hydrogens (primary N) is 1. The average Bonchev–Trinajstić information content (AvgIpc) is 2.28. The number of nitrogens with one attached hydrogen (secondary N) is 1. The van der Waals surface area contributed by atoms with Crippen molar-refractivity contribution in [1.82, 2.24) is 4.72 Å². The van der Waals surface area contributed by atoms with E-state index in [2.05, 4.69) is 4.72 Å². The molecule has 1 aromatic carbocycles. The molecule has 1 aromatic rings. The van der Waals surface area contributed by atoms with Crippen LogP contribution in [-0.4, -0.2) is 35.4 Å². The summed E-state index contributed by atoms with van der Waals surface area (Å²) in [6.07, 6.45) is 1.31. The molecule has 0 aliphatic heterocycles. The van der Waals surface area contributed by atoms with E-state index < -0.39 is 19.9 Å². The van der Waals surface area contributed by atoms with E-state index in [1.807, 2.05) is 0 Å². The van der Waals surface area contributed by atoms with Gasteiger partial charge in [0.05, 0.1) is 21.4 Å². The highest BCUT2D eigenvalue weighted by Gasteiger charge is 2.18. The second kappa shape index (κ2) is 6.30. The summed E-state index contributed by atoms with van der Waals surface area (Å²) in [6, 6.07) is 2.76. The molecule has 0 aliphatic carbocycles. The number of nitrogen functional groups attached to an aromatic ring is 1. The zero-order valence-corrected chi connectivity index (χ0v) is 13.6. The summed E-state index contributed by atoms with van der Waals surface area (Å²) in [5, 5.41) is 0.290. The summed E-state index contributed by atoms with van der Waals surface area (Å²) < 4.78 is 48.4. The van der Waals surface area contributed by atoms with Crippen LogP contribution in [0.4, 0.5) is 5.69 Å². The maximum absolute atomic E-state index is 12.1. The normalized spacial score (nSPS) is 12.6. The van der Waals surface area contributed by atoms with Crippen LogP contribution in [0.15, 0.2) is 17.0 Å². The Morgan fingerprint density at radius 1 is 1.25 bits per heavy atom. The molecular weight excluding hydrogens is 324 g/mol. The number of sulfonamides is 1. The minimum absolute atomic E-state index is 0.0391. The van der Waals surface area contributed by atoms with Gasteiger partial charge in [0.1, 0.15) is 9.84 Å². The second-order valence-corrected chi connectivity index (χ2v) is 8.92. The monoisotopic (exact) mass is 340 g/mol. The van der Waals surface area contributed by atoms with Crippen molar-refractivity contribution in [1.29, 1.82) is 0 Å². The van der Waals surface area contributed by atoms with Crippen LogP contribution >= 0.6 is 11.6 Å². The summed E-state index contributed by atoms with van der Waals surface area (Å²) >= 11 is 5.81. The Hall–Kier alpha value is -0.830. The van der Waals surface area contributed by atoms with Crippen LogP contribution in [-0.2, 0) is 19.9 Å². The quantitative estimate of drug-likeness (QED) is 0.592. The van der Waals surface area contributed by atoms with E-state index in [0.717, 1.165) is 6.26 Å². The van der Waals surface area contributed by atoms with E-state index in [1.54, 1.807) is 6.92 Å². The number of aryl methyl sites for hydroxylation is 1. The van der Waals surface area contributed by atoms with Gasteiger partial charge in [-0.3, -0.25) is 0 Å². The first-order valence-electron chi connectivity index (χ1n) is 5.76. The van der Waals surface area contributed by atoms with Crippen molar-refractivity contribution in [3.63, 3.8) is 0 Å². The number of benzene rings is 1. The van der Waals surface area contributed by atoms with Gasteiger partial charge in [0, 0.05) is 12.8 Å². The first kappa shape index (κ1) is 17.2. The summed E-state index contributed by atoms with van der Waals surface area (Å²) in [4.78, 5) is 0.0405. The fraction of sp³-hybridized carbons (Fsp3) is 0.455. The molecule has 0 atom stereocenters. The smallest absolute Gasteiger partial charge is 0.240 e. The zero-order valence-electron chi connectivity index (χ0n) is 11.2. The fourth-order valence-electron chi connectivity index (χ4n) is 1.58. The second-order valence-electron chi connectivity index (χ2n) is 4.52. The van der Waals surface area contributed by atoms with Crippen LogP contribution in [0.5, 0.6) is 0 Å². The molecule has 0 aliphatic rings. The van der Waals surface area contributed by atoms with Gasteiger partial charge < -0.3 is 5.73 Å². The van der Waals surface area contributed by atoms with Crippen molar-refractivity contribution < 1.29 is 16.8 Å². The number of anilines is 1. The molecule has 20 heavy (non-hydrogen) atoms. The van der Waals surface area contributed by atoms with Gasteiger partial charge in [0.2, 0.25) is 10.0 Å². The fourth-order valence-corrected chi connectivity index (χ4v) is 3.80. The van der Waals surface area contributed by atoms with Gasteiger partial charge in [0.15, 0.2) is 0 Å². The first-order valence-corrected chi connectivity index (χ1v) is 9.68. The average molecular weight is 341 g/mol. The molecule has 6 nitrogen and oxygen atoms in total. The van der Waals surface area contributed by atoms with Gasteiger partial charge in [-0.05, 0) is 31.0 Å². The summed E-state index contributed by atoms with van der Waals surface area (Å²) in [5.74, 6) is -0.0722. The molecule has 0 unspecified atom stereocenters. The minimum Gasteiger partial charge on any atom is -0.397 e. The van der Waals surface area contributed by atoms with Crippen LogP contribution in [0.25, 0.3) is 0 Å². The minimum atomic E-state index is -3.73. The van der Waals surface area contributed by atoms with Crippen molar-refractivity contribution in [3.8, 4) is 0 Å². The largest absolute Gasteiger partial charge is 0.397 e. The predicted molar refractivity (Wildman–Crippen MR) is 80.1 cm³/mol. The Morgan fingerprint density at radius 2 is 1.85 bits per heavy atom. The van der Waals surface area contributed by atoms with Crippen molar-refractivity contribution in [2.75, 3.05) is 24.3 Å². The molecule has 114 valence electrons. The van der Waals surface area contributed by atoms with Crippen LogP contribution in [0.3, 0.4) is 0 Å². The maximum atomic E-state index is 12.1. The van der Waals surface area contributed by atoms with E-state index in [1.165, 1.54) is 12.1 Å². The number of hydrogen-bond donors (Lipinski definition) is 2. The molecule has 0 spiro atoms. The van der Waals surface area contributed by atoms with E-state index in [4.69, 9.17) is 17.3 Å². The summed E-state index contributed by atoms with van der Waals surface area (Å²) in [7, 11) is -6.83. The van der Waals surface area contributed by atoms with Gasteiger partial charge in [-0.2, -0.15) is 0 Å². The van der Waals surface area contributed by atoms with Crippen LogP contribution in [0, 0.1) is 6.92 Å². The highest BCUT2D eigenvalue weighted by molar-refractivity contribution is 7.90. The molecule has 0 saturated heterocycles. The van der Waals surface area contributed by atoms with Gasteiger partial charge in [-0.1, -0.05) is 11.6 Å². The van der Waals surface area contributed by atoms with Gasteiger partial charge in [0.25, 0.3) is 0 Å². The topological polar surface area (TPSA) is 106 Å². The molecule has 0 heterocycles. The highest BCUT2D eigenvalue weighted by Crippen LogP contribution is 2.25. The molecule has 0 radical (unpaired) electrons. The third-order valence-electron chi connectivity index (χ3n) is 2.57. The van der Waals surface area contributed by atoms with Crippen molar-refractivity contribution in [2.24, 2.45) is 0 Å². The van der Waals surface area contributed by atoms with Crippen LogP contribution < -0.4 is 10.5 Å². The molecule has 0 amide bonds. The van der Waals surface area contributed by atoms with E-state index >= 15 is 0 Å². The summed E-state index contributed by atoms with van der Waals surface area (Å²) in [6.45, 7) is 1.65. The van der Waals surface area contributed by atoms with Gasteiger partial charge in [-0.25, -0.2) is 21.6 Å². The lowest BCUT2D eigenvalue weighted by Gasteiger charge is -2.11. The third-order valence-corrected chi connectivity index (χ3v) is 5.53.